The van der Waals surface area contributed by atoms with Crippen LogP contribution in [-0.2, 0) is 9.53 Å². The Morgan fingerprint density at radius 2 is 2.17 bits per heavy atom. The molecule has 1 spiro atoms. The molecule has 4 atom stereocenters. The standard InChI is InChI=1S/C15H22O3/c1-10(13(16)17)11-5-7-14(2)6-3-4-12-9-18-15(12,14)8-11/h11-12H,1,3-9H2,2H3,(H,16,17)/t11-,12-,14-,15+/m1/s1. The van der Waals surface area contributed by atoms with Crippen molar-refractivity contribution in [2.75, 3.05) is 6.61 Å². The summed E-state index contributed by atoms with van der Waals surface area (Å²) in [6.07, 6.45) is 6.70. The van der Waals surface area contributed by atoms with Gasteiger partial charge in [-0.15, -0.1) is 0 Å². The molecule has 0 radical (unpaired) electrons. The molecule has 2 aliphatic carbocycles. The monoisotopic (exact) mass is 250 g/mol. The minimum Gasteiger partial charge on any atom is -0.478 e. The quantitative estimate of drug-likeness (QED) is 0.766. The molecule has 3 fully saturated rings. The first kappa shape index (κ1) is 12.2. The first-order valence-electron chi connectivity index (χ1n) is 7.05. The highest BCUT2D eigenvalue weighted by molar-refractivity contribution is 5.86. The van der Waals surface area contributed by atoms with E-state index in [2.05, 4.69) is 13.5 Å². The molecule has 0 amide bonds. The highest BCUT2D eigenvalue weighted by atomic mass is 16.5. The van der Waals surface area contributed by atoms with Crippen molar-refractivity contribution in [1.29, 1.82) is 0 Å². The number of ether oxygens (including phenoxy) is 1. The lowest BCUT2D eigenvalue weighted by atomic mass is 9.49. The Morgan fingerprint density at radius 3 is 2.78 bits per heavy atom. The molecule has 0 aromatic carbocycles. The summed E-state index contributed by atoms with van der Waals surface area (Å²) < 4.78 is 6.06. The molecular weight excluding hydrogens is 228 g/mol. The van der Waals surface area contributed by atoms with E-state index in [1.165, 1.54) is 19.3 Å². The Hall–Kier alpha value is -0.830. The van der Waals surface area contributed by atoms with Crippen LogP contribution >= 0.6 is 0 Å². The van der Waals surface area contributed by atoms with Crippen LogP contribution in [0.5, 0.6) is 0 Å². The molecule has 0 aromatic heterocycles. The summed E-state index contributed by atoms with van der Waals surface area (Å²) in [5.74, 6) is -0.0798. The summed E-state index contributed by atoms with van der Waals surface area (Å²) in [7, 11) is 0. The maximum Gasteiger partial charge on any atom is 0.331 e. The lowest BCUT2D eigenvalue weighted by Crippen LogP contribution is -2.67. The lowest BCUT2D eigenvalue weighted by molar-refractivity contribution is -0.300. The van der Waals surface area contributed by atoms with Gasteiger partial charge in [-0.3, -0.25) is 0 Å². The molecule has 1 heterocycles. The van der Waals surface area contributed by atoms with Crippen molar-refractivity contribution in [2.24, 2.45) is 17.3 Å². The molecule has 100 valence electrons. The maximum absolute atomic E-state index is 11.1. The van der Waals surface area contributed by atoms with E-state index in [9.17, 15) is 4.79 Å². The van der Waals surface area contributed by atoms with Gasteiger partial charge in [-0.25, -0.2) is 4.79 Å². The zero-order valence-electron chi connectivity index (χ0n) is 11.1. The fraction of sp³-hybridized carbons (Fsp3) is 0.800. The van der Waals surface area contributed by atoms with Crippen molar-refractivity contribution >= 4 is 5.97 Å². The minimum absolute atomic E-state index is 0.0352. The fourth-order valence-electron chi connectivity index (χ4n) is 4.58. The van der Waals surface area contributed by atoms with Crippen molar-refractivity contribution in [3.8, 4) is 0 Å². The Bertz CT molecular complexity index is 403. The van der Waals surface area contributed by atoms with Gasteiger partial charge in [0.25, 0.3) is 0 Å². The largest absolute Gasteiger partial charge is 0.478 e. The predicted octanol–water partition coefficient (Wildman–Crippen LogP) is 3.00. The van der Waals surface area contributed by atoms with Crippen LogP contribution in [0.25, 0.3) is 0 Å². The predicted molar refractivity (Wildman–Crippen MR) is 68.2 cm³/mol. The Kier molecular flexibility index (Phi) is 2.60. The number of hydrogen-bond donors (Lipinski definition) is 1. The summed E-state index contributed by atoms with van der Waals surface area (Å²) in [5, 5.41) is 9.12. The zero-order valence-corrected chi connectivity index (χ0v) is 11.1. The average molecular weight is 250 g/mol. The summed E-state index contributed by atoms with van der Waals surface area (Å²) in [6.45, 7) is 6.99. The second kappa shape index (κ2) is 3.83. The van der Waals surface area contributed by atoms with Gasteiger partial charge in [0, 0.05) is 11.5 Å². The lowest BCUT2D eigenvalue weighted by Gasteiger charge is -2.65. The van der Waals surface area contributed by atoms with Crippen LogP contribution in [0.1, 0.15) is 45.4 Å². The van der Waals surface area contributed by atoms with Crippen LogP contribution in [0.2, 0.25) is 0 Å². The van der Waals surface area contributed by atoms with Crippen LogP contribution in [-0.4, -0.2) is 23.3 Å². The number of hydrogen-bond acceptors (Lipinski definition) is 2. The van der Waals surface area contributed by atoms with E-state index >= 15 is 0 Å². The Labute approximate surface area is 108 Å². The molecular formula is C15H22O3. The molecule has 2 saturated carbocycles. The van der Waals surface area contributed by atoms with Crippen molar-refractivity contribution < 1.29 is 14.6 Å². The third-order valence-corrected chi connectivity index (χ3v) is 5.87. The van der Waals surface area contributed by atoms with Gasteiger partial charge in [-0.05, 0) is 43.4 Å². The normalized spacial score (nSPS) is 46.5. The SMILES string of the molecule is C=C(C(=O)O)[C@@H]1CC[C@@]2(C)CCC[C@@H]3CO[C@@]32C1. The van der Waals surface area contributed by atoms with Gasteiger partial charge in [0.15, 0.2) is 0 Å². The number of carboxylic acid groups (broad SMARTS) is 1. The molecule has 1 N–H and O–H groups in total. The van der Waals surface area contributed by atoms with Gasteiger partial charge >= 0.3 is 5.97 Å². The van der Waals surface area contributed by atoms with Gasteiger partial charge in [-0.1, -0.05) is 19.9 Å². The third-order valence-electron chi connectivity index (χ3n) is 5.87. The molecule has 0 bridgehead atoms. The van der Waals surface area contributed by atoms with E-state index in [1.807, 2.05) is 0 Å². The minimum atomic E-state index is -0.841. The molecule has 0 unspecified atom stereocenters. The number of aliphatic carboxylic acids is 1. The highest BCUT2D eigenvalue weighted by Gasteiger charge is 2.63. The van der Waals surface area contributed by atoms with Crippen LogP contribution in [0.15, 0.2) is 12.2 Å². The van der Waals surface area contributed by atoms with Crippen LogP contribution in [0, 0.1) is 17.3 Å². The van der Waals surface area contributed by atoms with E-state index in [0.29, 0.717) is 11.5 Å². The second-order valence-corrected chi connectivity index (χ2v) is 6.62. The van der Waals surface area contributed by atoms with Gasteiger partial charge in [0.05, 0.1) is 12.2 Å². The Morgan fingerprint density at radius 1 is 1.39 bits per heavy atom. The maximum atomic E-state index is 11.1. The molecule has 1 saturated heterocycles. The average Bonchev–Trinajstić information content (AvgIpc) is 2.31. The Balaban J connectivity index is 1.85. The molecule has 3 rings (SSSR count). The summed E-state index contributed by atoms with van der Waals surface area (Å²) in [4.78, 5) is 11.1. The van der Waals surface area contributed by atoms with Gasteiger partial charge in [-0.2, -0.15) is 0 Å². The third kappa shape index (κ3) is 1.43. The van der Waals surface area contributed by atoms with Crippen molar-refractivity contribution in [3.05, 3.63) is 12.2 Å². The van der Waals surface area contributed by atoms with Crippen LogP contribution < -0.4 is 0 Å². The van der Waals surface area contributed by atoms with E-state index < -0.39 is 5.97 Å². The molecule has 0 aromatic rings. The van der Waals surface area contributed by atoms with Gasteiger partial charge in [0.2, 0.25) is 0 Å². The fourth-order valence-corrected chi connectivity index (χ4v) is 4.58. The number of carboxylic acids is 1. The summed E-state index contributed by atoms with van der Waals surface area (Å²) in [6, 6.07) is 0. The molecule has 3 aliphatic rings. The van der Waals surface area contributed by atoms with E-state index in [0.717, 1.165) is 25.9 Å². The van der Waals surface area contributed by atoms with E-state index in [1.54, 1.807) is 0 Å². The van der Waals surface area contributed by atoms with Gasteiger partial charge < -0.3 is 9.84 Å². The first-order valence-corrected chi connectivity index (χ1v) is 7.05. The van der Waals surface area contributed by atoms with Gasteiger partial charge in [0.1, 0.15) is 0 Å². The molecule has 3 heteroatoms. The zero-order chi connectivity index (χ0) is 13.0. The van der Waals surface area contributed by atoms with E-state index in [4.69, 9.17) is 9.84 Å². The van der Waals surface area contributed by atoms with Crippen molar-refractivity contribution in [2.45, 2.75) is 51.0 Å². The molecule has 18 heavy (non-hydrogen) atoms. The van der Waals surface area contributed by atoms with Crippen LogP contribution in [0.4, 0.5) is 0 Å². The second-order valence-electron chi connectivity index (χ2n) is 6.62. The first-order chi connectivity index (χ1) is 8.48. The van der Waals surface area contributed by atoms with E-state index in [-0.39, 0.29) is 16.9 Å². The number of rotatable bonds is 2. The van der Waals surface area contributed by atoms with Crippen molar-refractivity contribution in [3.63, 3.8) is 0 Å². The molecule has 3 nitrogen and oxygen atoms in total. The highest BCUT2D eigenvalue weighted by Crippen LogP contribution is 2.63. The smallest absolute Gasteiger partial charge is 0.331 e. The van der Waals surface area contributed by atoms with Crippen molar-refractivity contribution in [1.82, 2.24) is 0 Å². The molecule has 1 aliphatic heterocycles. The number of carbonyl (C=O) groups is 1. The van der Waals surface area contributed by atoms with Crippen LogP contribution in [0.3, 0.4) is 0 Å². The summed E-state index contributed by atoms with van der Waals surface area (Å²) in [5.41, 5.74) is 0.613. The topological polar surface area (TPSA) is 46.5 Å². The summed E-state index contributed by atoms with van der Waals surface area (Å²) >= 11 is 0.